The SMILES string of the molecule is Cc1c(C(=O)Cl)nnn1Cc1ccc(Cl)nc1. The lowest BCUT2D eigenvalue weighted by Crippen LogP contribution is -2.05. The average molecular weight is 271 g/mol. The summed E-state index contributed by atoms with van der Waals surface area (Å²) < 4.78 is 1.58. The summed E-state index contributed by atoms with van der Waals surface area (Å²) in [7, 11) is 0. The van der Waals surface area contributed by atoms with Crippen molar-refractivity contribution in [2.75, 3.05) is 0 Å². The summed E-state index contributed by atoms with van der Waals surface area (Å²) in [5.41, 5.74) is 1.71. The standard InChI is InChI=1S/C10H8Cl2N4O/c1-6-9(10(12)17)14-15-16(6)5-7-2-3-8(11)13-4-7/h2-4H,5H2,1H3. The number of aromatic nitrogens is 4. The summed E-state index contributed by atoms with van der Waals surface area (Å²) in [6, 6.07) is 3.52. The molecule has 0 amide bonds. The molecule has 0 unspecified atom stereocenters. The predicted molar refractivity (Wildman–Crippen MR) is 63.3 cm³/mol. The maximum Gasteiger partial charge on any atom is 0.274 e. The van der Waals surface area contributed by atoms with E-state index in [1.165, 1.54) is 0 Å². The van der Waals surface area contributed by atoms with Crippen LogP contribution in [0.1, 0.15) is 21.7 Å². The smallest absolute Gasteiger partial charge is 0.274 e. The molecule has 0 aliphatic rings. The maximum atomic E-state index is 11.0. The zero-order chi connectivity index (χ0) is 12.4. The monoisotopic (exact) mass is 270 g/mol. The zero-order valence-corrected chi connectivity index (χ0v) is 10.4. The molecule has 7 heteroatoms. The number of pyridine rings is 1. The van der Waals surface area contributed by atoms with Crippen LogP contribution in [0.3, 0.4) is 0 Å². The highest BCUT2D eigenvalue weighted by Crippen LogP contribution is 2.10. The number of hydrogen-bond donors (Lipinski definition) is 0. The maximum absolute atomic E-state index is 11.0. The highest BCUT2D eigenvalue weighted by Gasteiger charge is 2.14. The van der Waals surface area contributed by atoms with Gasteiger partial charge in [-0.15, -0.1) is 5.10 Å². The number of hydrogen-bond acceptors (Lipinski definition) is 4. The van der Waals surface area contributed by atoms with Crippen molar-refractivity contribution in [3.8, 4) is 0 Å². The van der Waals surface area contributed by atoms with Gasteiger partial charge in [0.1, 0.15) is 5.15 Å². The van der Waals surface area contributed by atoms with E-state index >= 15 is 0 Å². The van der Waals surface area contributed by atoms with Crippen LogP contribution in [-0.4, -0.2) is 25.2 Å². The van der Waals surface area contributed by atoms with Gasteiger partial charge in [-0.25, -0.2) is 9.67 Å². The van der Waals surface area contributed by atoms with Crippen LogP contribution in [-0.2, 0) is 6.54 Å². The molecule has 0 aromatic carbocycles. The number of carbonyl (C=O) groups is 1. The second-order valence-electron chi connectivity index (χ2n) is 3.44. The molecule has 2 aromatic heterocycles. The van der Waals surface area contributed by atoms with Gasteiger partial charge in [0, 0.05) is 6.20 Å². The second kappa shape index (κ2) is 4.81. The van der Waals surface area contributed by atoms with Gasteiger partial charge in [0.15, 0.2) is 5.69 Å². The van der Waals surface area contributed by atoms with Crippen LogP contribution >= 0.6 is 23.2 Å². The molecule has 17 heavy (non-hydrogen) atoms. The normalized spacial score (nSPS) is 10.5. The van der Waals surface area contributed by atoms with Gasteiger partial charge >= 0.3 is 0 Å². The second-order valence-corrected chi connectivity index (χ2v) is 4.17. The number of nitrogens with zero attached hydrogens (tertiary/aromatic N) is 4. The van der Waals surface area contributed by atoms with E-state index in [0.717, 1.165) is 5.56 Å². The first-order chi connectivity index (χ1) is 8.08. The third-order valence-electron chi connectivity index (χ3n) is 2.29. The lowest BCUT2D eigenvalue weighted by atomic mass is 10.3. The van der Waals surface area contributed by atoms with Crippen LogP contribution in [0.2, 0.25) is 5.15 Å². The molecule has 0 saturated heterocycles. The van der Waals surface area contributed by atoms with E-state index in [0.29, 0.717) is 17.4 Å². The Bertz CT molecular complexity index is 550. The van der Waals surface area contributed by atoms with Crippen molar-refractivity contribution in [2.24, 2.45) is 0 Å². The first-order valence-electron chi connectivity index (χ1n) is 4.78. The van der Waals surface area contributed by atoms with Gasteiger partial charge in [0.05, 0.1) is 12.2 Å². The average Bonchev–Trinajstić information content (AvgIpc) is 2.64. The van der Waals surface area contributed by atoms with Gasteiger partial charge in [-0.05, 0) is 30.2 Å². The van der Waals surface area contributed by atoms with E-state index in [-0.39, 0.29) is 5.69 Å². The van der Waals surface area contributed by atoms with Crippen LogP contribution in [0.5, 0.6) is 0 Å². The molecule has 0 fully saturated rings. The van der Waals surface area contributed by atoms with Gasteiger partial charge in [0.25, 0.3) is 5.24 Å². The van der Waals surface area contributed by atoms with Crippen molar-refractivity contribution in [2.45, 2.75) is 13.5 Å². The summed E-state index contributed by atoms with van der Waals surface area (Å²) in [4.78, 5) is 15.0. The van der Waals surface area contributed by atoms with Gasteiger partial charge in [0.2, 0.25) is 0 Å². The summed E-state index contributed by atoms with van der Waals surface area (Å²) in [6.07, 6.45) is 1.64. The first kappa shape index (κ1) is 12.0. The summed E-state index contributed by atoms with van der Waals surface area (Å²) in [6.45, 7) is 2.20. The van der Waals surface area contributed by atoms with Crippen molar-refractivity contribution >= 4 is 28.4 Å². The van der Waals surface area contributed by atoms with Crippen molar-refractivity contribution < 1.29 is 4.79 Å². The Hall–Kier alpha value is -1.46. The van der Waals surface area contributed by atoms with Crippen molar-refractivity contribution in [1.82, 2.24) is 20.0 Å². The third kappa shape index (κ3) is 2.62. The van der Waals surface area contributed by atoms with Crippen molar-refractivity contribution in [3.05, 3.63) is 40.4 Å². The van der Waals surface area contributed by atoms with Crippen LogP contribution in [0.25, 0.3) is 0 Å². The van der Waals surface area contributed by atoms with Gasteiger partial charge in [-0.2, -0.15) is 0 Å². The Morgan fingerprint density at radius 2 is 2.24 bits per heavy atom. The van der Waals surface area contributed by atoms with Crippen LogP contribution in [0.4, 0.5) is 0 Å². The van der Waals surface area contributed by atoms with Crippen molar-refractivity contribution in [1.29, 1.82) is 0 Å². The molecule has 0 atom stereocenters. The summed E-state index contributed by atoms with van der Waals surface area (Å²) >= 11 is 11.0. The zero-order valence-electron chi connectivity index (χ0n) is 8.89. The molecule has 0 saturated carbocycles. The number of halogens is 2. The van der Waals surface area contributed by atoms with E-state index in [9.17, 15) is 4.79 Å². The predicted octanol–water partition coefficient (Wildman–Crippen LogP) is 2.06. The van der Waals surface area contributed by atoms with E-state index in [2.05, 4.69) is 15.3 Å². The van der Waals surface area contributed by atoms with E-state index in [4.69, 9.17) is 23.2 Å². The minimum Gasteiger partial charge on any atom is -0.274 e. The largest absolute Gasteiger partial charge is 0.274 e. The van der Waals surface area contributed by atoms with E-state index in [1.54, 1.807) is 23.9 Å². The molecule has 0 bridgehead atoms. The lowest BCUT2D eigenvalue weighted by Gasteiger charge is -2.02. The van der Waals surface area contributed by atoms with Crippen LogP contribution in [0.15, 0.2) is 18.3 Å². The molecule has 88 valence electrons. The number of carbonyl (C=O) groups excluding carboxylic acids is 1. The fourth-order valence-corrected chi connectivity index (χ4v) is 1.65. The quantitative estimate of drug-likeness (QED) is 0.633. The molecule has 2 rings (SSSR count). The van der Waals surface area contributed by atoms with Crippen LogP contribution in [0, 0.1) is 6.92 Å². The van der Waals surface area contributed by atoms with Gasteiger partial charge in [-0.1, -0.05) is 22.9 Å². The first-order valence-corrected chi connectivity index (χ1v) is 5.54. The molecule has 2 aromatic rings. The Labute approximate surface area is 107 Å². The fraction of sp³-hybridized carbons (Fsp3) is 0.200. The molecule has 2 heterocycles. The Kier molecular flexibility index (Phi) is 3.40. The number of rotatable bonds is 3. The molecule has 0 N–H and O–H groups in total. The molecular weight excluding hydrogens is 263 g/mol. The molecule has 0 radical (unpaired) electrons. The Morgan fingerprint density at radius 3 is 2.76 bits per heavy atom. The Morgan fingerprint density at radius 1 is 1.47 bits per heavy atom. The molecule has 0 spiro atoms. The van der Waals surface area contributed by atoms with E-state index in [1.807, 2.05) is 6.07 Å². The third-order valence-corrected chi connectivity index (χ3v) is 2.69. The lowest BCUT2D eigenvalue weighted by molar-refractivity contribution is 0.107. The molecule has 0 aliphatic heterocycles. The molecule has 0 aliphatic carbocycles. The topological polar surface area (TPSA) is 60.7 Å². The minimum absolute atomic E-state index is 0.175. The highest BCUT2D eigenvalue weighted by atomic mass is 35.5. The minimum atomic E-state index is -0.608. The summed E-state index contributed by atoms with van der Waals surface area (Å²) in [5, 5.41) is 7.39. The fourth-order valence-electron chi connectivity index (χ4n) is 1.37. The highest BCUT2D eigenvalue weighted by molar-refractivity contribution is 6.67. The van der Waals surface area contributed by atoms with Crippen molar-refractivity contribution in [3.63, 3.8) is 0 Å². The molecular formula is C10H8Cl2N4O. The van der Waals surface area contributed by atoms with Gasteiger partial charge in [-0.3, -0.25) is 4.79 Å². The van der Waals surface area contributed by atoms with E-state index < -0.39 is 5.24 Å². The molecule has 5 nitrogen and oxygen atoms in total. The Balaban J connectivity index is 2.24. The van der Waals surface area contributed by atoms with Crippen LogP contribution < -0.4 is 0 Å². The summed E-state index contributed by atoms with van der Waals surface area (Å²) in [5.74, 6) is 0. The van der Waals surface area contributed by atoms with Gasteiger partial charge < -0.3 is 0 Å².